The maximum Gasteiger partial charge on any atom is 0.263 e. The van der Waals surface area contributed by atoms with Crippen molar-refractivity contribution in [2.45, 2.75) is 18.2 Å². The summed E-state index contributed by atoms with van der Waals surface area (Å²) in [4.78, 5) is 4.28. The third-order valence-electron chi connectivity index (χ3n) is 2.89. The van der Waals surface area contributed by atoms with E-state index in [2.05, 4.69) is 25.6 Å². The number of hydrogen-bond donors (Lipinski definition) is 1. The fraction of sp³-hybridized carbons (Fsp3) is 0.214. The van der Waals surface area contributed by atoms with E-state index in [9.17, 15) is 8.42 Å². The van der Waals surface area contributed by atoms with Crippen molar-refractivity contribution in [1.82, 2.24) is 4.98 Å². The van der Waals surface area contributed by atoms with Crippen LogP contribution < -0.4 is 4.72 Å². The molecule has 0 unspecified atom stereocenters. The quantitative estimate of drug-likeness (QED) is 0.793. The highest BCUT2D eigenvalue weighted by atomic mass is 79.9. The van der Waals surface area contributed by atoms with Crippen LogP contribution in [-0.4, -0.2) is 19.3 Å². The molecule has 1 aromatic heterocycles. The summed E-state index contributed by atoms with van der Waals surface area (Å²) in [7, 11) is -3.64. The van der Waals surface area contributed by atoms with Crippen LogP contribution in [0, 0.1) is 6.92 Å². The van der Waals surface area contributed by atoms with Gasteiger partial charge in [-0.1, -0.05) is 12.1 Å². The van der Waals surface area contributed by atoms with E-state index in [1.165, 1.54) is 0 Å². The summed E-state index contributed by atoms with van der Waals surface area (Å²) < 4.78 is 27.9. The first-order chi connectivity index (χ1) is 9.92. The molecule has 2 rings (SSSR count). The summed E-state index contributed by atoms with van der Waals surface area (Å²) >= 11 is 8.95. The van der Waals surface area contributed by atoms with Gasteiger partial charge in [-0.05, 0) is 58.6 Å². The highest BCUT2D eigenvalue weighted by Gasteiger charge is 2.16. The first-order valence-corrected chi connectivity index (χ1v) is 9.03. The number of nitrogens with one attached hydrogen (secondary N) is 1. The van der Waals surface area contributed by atoms with Crippen molar-refractivity contribution in [3.63, 3.8) is 0 Å². The van der Waals surface area contributed by atoms with Crippen LogP contribution in [0.15, 0.2) is 45.9 Å². The molecule has 0 aliphatic rings. The number of aryl methyl sites for hydroxylation is 2. The average Bonchev–Trinajstić information content (AvgIpc) is 2.43. The number of rotatable bonds is 5. The molecule has 0 aliphatic carbocycles. The van der Waals surface area contributed by atoms with Crippen LogP contribution in [0.5, 0.6) is 0 Å². The van der Waals surface area contributed by atoms with Gasteiger partial charge < -0.3 is 0 Å². The highest BCUT2D eigenvalue weighted by Crippen LogP contribution is 2.20. The molecule has 0 amide bonds. The van der Waals surface area contributed by atoms with Gasteiger partial charge in [-0.25, -0.2) is 13.4 Å². The van der Waals surface area contributed by atoms with Crippen LogP contribution in [0.3, 0.4) is 0 Å². The number of halogens is 2. The number of hydrogen-bond acceptors (Lipinski definition) is 3. The number of pyridine rings is 1. The predicted molar refractivity (Wildman–Crippen MR) is 88.3 cm³/mol. The van der Waals surface area contributed by atoms with Crippen molar-refractivity contribution in [3.8, 4) is 0 Å². The molecule has 0 saturated carbocycles. The smallest absolute Gasteiger partial charge is 0.263 e. The SMILES string of the molecule is Cc1cc(Br)cnc1NS(=O)(=O)c1ccc(CCCl)cc1. The first-order valence-electron chi connectivity index (χ1n) is 6.22. The lowest BCUT2D eigenvalue weighted by Crippen LogP contribution is -2.14. The van der Waals surface area contributed by atoms with Gasteiger partial charge in [0.1, 0.15) is 5.82 Å². The number of sulfonamides is 1. The van der Waals surface area contributed by atoms with Gasteiger partial charge in [0.05, 0.1) is 4.90 Å². The summed E-state index contributed by atoms with van der Waals surface area (Å²) in [6.45, 7) is 1.79. The Morgan fingerprint density at radius 1 is 1.29 bits per heavy atom. The molecule has 0 atom stereocenters. The molecule has 0 bridgehead atoms. The summed E-state index contributed by atoms with van der Waals surface area (Å²) in [5, 5.41) is 0. The van der Waals surface area contributed by atoms with Gasteiger partial charge in [0.25, 0.3) is 10.0 Å². The molecule has 1 N–H and O–H groups in total. The minimum atomic E-state index is -3.64. The lowest BCUT2D eigenvalue weighted by atomic mass is 10.2. The van der Waals surface area contributed by atoms with Crippen LogP contribution >= 0.6 is 27.5 Å². The summed E-state index contributed by atoms with van der Waals surface area (Å²) in [6, 6.07) is 8.46. The monoisotopic (exact) mass is 388 g/mol. The van der Waals surface area contributed by atoms with Crippen molar-refractivity contribution in [2.24, 2.45) is 0 Å². The molecule has 0 radical (unpaired) electrons. The Hall–Kier alpha value is -1.11. The summed E-state index contributed by atoms with van der Waals surface area (Å²) in [5.41, 5.74) is 1.74. The highest BCUT2D eigenvalue weighted by molar-refractivity contribution is 9.10. The molecule has 21 heavy (non-hydrogen) atoms. The molecule has 0 saturated heterocycles. The third-order valence-corrected chi connectivity index (χ3v) is 4.87. The van der Waals surface area contributed by atoms with Crippen LogP contribution in [0.25, 0.3) is 0 Å². The molecule has 4 nitrogen and oxygen atoms in total. The lowest BCUT2D eigenvalue weighted by Gasteiger charge is -2.10. The lowest BCUT2D eigenvalue weighted by molar-refractivity contribution is 0.601. The van der Waals surface area contributed by atoms with E-state index in [0.29, 0.717) is 18.1 Å². The predicted octanol–water partition coefficient (Wildman–Crippen LogP) is 3.73. The second kappa shape index (κ2) is 6.77. The van der Waals surface area contributed by atoms with Crippen LogP contribution in [0.1, 0.15) is 11.1 Å². The maximum atomic E-state index is 12.3. The van der Waals surface area contributed by atoms with Crippen molar-refractivity contribution in [1.29, 1.82) is 0 Å². The van der Waals surface area contributed by atoms with Gasteiger partial charge in [-0.2, -0.15) is 0 Å². The standard InChI is InChI=1S/C14H14BrClN2O2S/c1-10-8-12(15)9-17-14(10)18-21(19,20)13-4-2-11(3-5-13)6-7-16/h2-5,8-9H,6-7H2,1H3,(H,17,18). The van der Waals surface area contributed by atoms with Gasteiger partial charge in [0, 0.05) is 16.5 Å². The van der Waals surface area contributed by atoms with E-state index in [1.807, 2.05) is 0 Å². The normalized spacial score (nSPS) is 11.4. The maximum absolute atomic E-state index is 12.3. The molecule has 1 aromatic carbocycles. The van der Waals surface area contributed by atoms with Gasteiger partial charge in [0.15, 0.2) is 0 Å². The van der Waals surface area contributed by atoms with Crippen molar-refractivity contribution < 1.29 is 8.42 Å². The van der Waals surface area contributed by atoms with E-state index < -0.39 is 10.0 Å². The van der Waals surface area contributed by atoms with Crippen molar-refractivity contribution >= 4 is 43.4 Å². The number of benzene rings is 1. The second-order valence-electron chi connectivity index (χ2n) is 4.51. The van der Waals surface area contributed by atoms with Crippen LogP contribution in [-0.2, 0) is 16.4 Å². The van der Waals surface area contributed by atoms with Crippen LogP contribution in [0.2, 0.25) is 0 Å². The largest absolute Gasteiger partial charge is 0.263 e. The molecular formula is C14H14BrClN2O2S. The Bertz CT molecular complexity index is 733. The number of aromatic nitrogens is 1. The van der Waals surface area contributed by atoms with Crippen molar-refractivity contribution in [2.75, 3.05) is 10.6 Å². The summed E-state index contributed by atoms with van der Waals surface area (Å²) in [5.74, 6) is 0.829. The van der Waals surface area contributed by atoms with Gasteiger partial charge >= 0.3 is 0 Å². The first kappa shape index (κ1) is 16.3. The second-order valence-corrected chi connectivity index (χ2v) is 7.48. The molecule has 112 valence electrons. The summed E-state index contributed by atoms with van der Waals surface area (Å²) in [6.07, 6.45) is 2.26. The fourth-order valence-corrected chi connectivity index (χ4v) is 3.52. The topological polar surface area (TPSA) is 59.1 Å². The molecule has 2 aromatic rings. The zero-order valence-corrected chi connectivity index (χ0v) is 14.5. The number of anilines is 1. The molecule has 0 fully saturated rings. The molecule has 1 heterocycles. The van der Waals surface area contributed by atoms with E-state index in [1.54, 1.807) is 43.5 Å². The van der Waals surface area contributed by atoms with Gasteiger partial charge in [-0.3, -0.25) is 4.72 Å². The van der Waals surface area contributed by atoms with Crippen molar-refractivity contribution in [3.05, 3.63) is 52.1 Å². The Balaban J connectivity index is 2.25. The van der Waals surface area contributed by atoms with E-state index in [4.69, 9.17) is 11.6 Å². The molecule has 0 aliphatic heterocycles. The van der Waals surface area contributed by atoms with Gasteiger partial charge in [-0.15, -0.1) is 11.6 Å². The number of alkyl halides is 1. The molecule has 7 heteroatoms. The number of nitrogens with zero attached hydrogens (tertiary/aromatic N) is 1. The minimum Gasteiger partial charge on any atom is -0.263 e. The Kier molecular flexibility index (Phi) is 5.24. The van der Waals surface area contributed by atoms with E-state index in [-0.39, 0.29) is 4.90 Å². The van der Waals surface area contributed by atoms with E-state index in [0.717, 1.165) is 15.6 Å². The Morgan fingerprint density at radius 3 is 2.52 bits per heavy atom. The van der Waals surface area contributed by atoms with Gasteiger partial charge in [0.2, 0.25) is 0 Å². The minimum absolute atomic E-state index is 0.199. The Morgan fingerprint density at radius 2 is 1.95 bits per heavy atom. The fourth-order valence-electron chi connectivity index (χ4n) is 1.78. The Labute approximate surface area is 137 Å². The zero-order chi connectivity index (χ0) is 15.5. The van der Waals surface area contributed by atoms with E-state index >= 15 is 0 Å². The van der Waals surface area contributed by atoms with Crippen LogP contribution in [0.4, 0.5) is 5.82 Å². The third kappa shape index (κ3) is 4.18. The molecule has 0 spiro atoms. The average molecular weight is 390 g/mol. The molecular weight excluding hydrogens is 376 g/mol. The zero-order valence-electron chi connectivity index (χ0n) is 11.3.